The third-order valence-electron chi connectivity index (χ3n) is 4.61. The molecule has 5 N–H and O–H groups in total. The molecule has 0 fully saturated rings. The lowest BCUT2D eigenvalue weighted by atomic mass is 10.1. The number of aliphatic carboxylic acids is 1. The molecule has 0 aromatic carbocycles. The number of carbonyl (C=O) groups excluding carboxylic acids is 1. The minimum absolute atomic E-state index is 0.178. The largest absolute Gasteiger partial charge is 0.481 e. The molecular formula is C24H49N3O3. The van der Waals surface area contributed by atoms with Crippen LogP contribution in [0.5, 0.6) is 0 Å². The Hall–Kier alpha value is -1.40. The molecule has 0 aliphatic carbocycles. The van der Waals surface area contributed by atoms with Crippen molar-refractivity contribution in [2.75, 3.05) is 26.2 Å². The van der Waals surface area contributed by atoms with Crippen LogP contribution in [-0.4, -0.2) is 43.2 Å². The Bertz CT molecular complexity index is 397. The first-order valence-electron chi connectivity index (χ1n) is 12.1. The molecule has 0 radical (unpaired) electrons. The van der Waals surface area contributed by atoms with Crippen molar-refractivity contribution in [1.82, 2.24) is 10.6 Å². The van der Waals surface area contributed by atoms with Crippen LogP contribution in [0.1, 0.15) is 104 Å². The van der Waals surface area contributed by atoms with E-state index in [1.807, 2.05) is 0 Å². The van der Waals surface area contributed by atoms with Crippen LogP contribution in [0.25, 0.3) is 0 Å². The van der Waals surface area contributed by atoms with E-state index in [2.05, 4.69) is 29.7 Å². The number of nitrogens with one attached hydrogen (secondary N) is 2. The minimum atomic E-state index is -0.833. The van der Waals surface area contributed by atoms with Gasteiger partial charge in [0.05, 0.1) is 0 Å². The number of hydrogen-bond acceptors (Lipinski definition) is 4. The Balaban J connectivity index is 0. The molecule has 0 aliphatic heterocycles. The Morgan fingerprint density at radius 3 is 1.83 bits per heavy atom. The van der Waals surface area contributed by atoms with Gasteiger partial charge in [-0.25, -0.2) is 0 Å². The molecule has 0 aromatic heterocycles. The normalized spacial score (nSPS) is 10.6. The molecule has 0 aliphatic rings. The predicted molar refractivity (Wildman–Crippen MR) is 128 cm³/mol. The first-order valence-corrected chi connectivity index (χ1v) is 12.1. The lowest BCUT2D eigenvalue weighted by Gasteiger charge is -2.06. The number of carbonyl (C=O) groups is 2. The Morgan fingerprint density at radius 2 is 1.30 bits per heavy atom. The van der Waals surface area contributed by atoms with Gasteiger partial charge in [0.1, 0.15) is 0 Å². The van der Waals surface area contributed by atoms with Crippen molar-refractivity contribution in [3.63, 3.8) is 0 Å². The highest BCUT2D eigenvalue weighted by Gasteiger charge is 1.99. The summed E-state index contributed by atoms with van der Waals surface area (Å²) in [7, 11) is 0. The van der Waals surface area contributed by atoms with E-state index in [9.17, 15) is 4.79 Å². The molecule has 0 unspecified atom stereocenters. The third kappa shape index (κ3) is 34.1. The fourth-order valence-corrected chi connectivity index (χ4v) is 2.96. The van der Waals surface area contributed by atoms with Gasteiger partial charge in [0.25, 0.3) is 5.97 Å². The van der Waals surface area contributed by atoms with Crippen LogP contribution in [0.3, 0.4) is 0 Å². The number of carboxylic acid groups (broad SMARTS) is 1. The van der Waals surface area contributed by atoms with Crippen LogP contribution in [-0.2, 0) is 9.59 Å². The summed E-state index contributed by atoms with van der Waals surface area (Å²) in [5.74, 6) is -0.655. The van der Waals surface area contributed by atoms with Gasteiger partial charge in [0, 0.05) is 39.5 Å². The van der Waals surface area contributed by atoms with Crippen LogP contribution >= 0.6 is 0 Å². The quantitative estimate of drug-likeness (QED) is 0.165. The fraction of sp³-hybridized carbons (Fsp3) is 0.833. The molecule has 0 saturated heterocycles. The number of carboxylic acids is 1. The molecule has 0 rings (SSSR count). The summed E-state index contributed by atoms with van der Waals surface area (Å²) in [6, 6.07) is 0. The van der Waals surface area contributed by atoms with Crippen molar-refractivity contribution in [2.45, 2.75) is 104 Å². The van der Waals surface area contributed by atoms with Crippen LogP contribution in [0, 0.1) is 0 Å². The lowest BCUT2D eigenvalue weighted by molar-refractivity contribution is -0.134. The summed E-state index contributed by atoms with van der Waals surface area (Å²) >= 11 is 0. The van der Waals surface area contributed by atoms with Gasteiger partial charge in [-0.2, -0.15) is 0 Å². The van der Waals surface area contributed by atoms with E-state index in [0.29, 0.717) is 19.5 Å². The summed E-state index contributed by atoms with van der Waals surface area (Å²) in [5, 5.41) is 13.5. The van der Waals surface area contributed by atoms with Crippen molar-refractivity contribution in [3.8, 4) is 0 Å². The van der Waals surface area contributed by atoms with Gasteiger partial charge in [0.2, 0.25) is 5.91 Å². The van der Waals surface area contributed by atoms with E-state index in [0.717, 1.165) is 26.4 Å². The summed E-state index contributed by atoms with van der Waals surface area (Å²) in [6.45, 7) is 6.30. The lowest BCUT2D eigenvalue weighted by Crippen LogP contribution is -2.33. The van der Waals surface area contributed by atoms with Crippen LogP contribution in [0.4, 0.5) is 0 Å². The molecule has 0 aromatic rings. The number of unbranched alkanes of at least 4 members (excludes halogenated alkanes) is 11. The van der Waals surface area contributed by atoms with Crippen LogP contribution in [0.15, 0.2) is 12.2 Å². The van der Waals surface area contributed by atoms with Gasteiger partial charge in [0.15, 0.2) is 0 Å². The topological polar surface area (TPSA) is 104 Å². The summed E-state index contributed by atoms with van der Waals surface area (Å²) < 4.78 is 0. The maximum atomic E-state index is 11.6. The molecule has 30 heavy (non-hydrogen) atoms. The number of hydrogen-bond donors (Lipinski definition) is 4. The van der Waals surface area contributed by atoms with Crippen molar-refractivity contribution in [1.29, 1.82) is 0 Å². The second-order valence-electron chi connectivity index (χ2n) is 7.74. The highest BCUT2D eigenvalue weighted by Crippen LogP contribution is 2.09. The first kappa shape index (κ1) is 30.8. The highest BCUT2D eigenvalue weighted by molar-refractivity contribution is 5.75. The number of amides is 1. The third-order valence-corrected chi connectivity index (χ3v) is 4.61. The van der Waals surface area contributed by atoms with Gasteiger partial charge in [-0.15, -0.1) is 0 Å². The van der Waals surface area contributed by atoms with E-state index < -0.39 is 5.97 Å². The Morgan fingerprint density at radius 1 is 0.800 bits per heavy atom. The Labute approximate surface area is 185 Å². The van der Waals surface area contributed by atoms with Crippen molar-refractivity contribution >= 4 is 11.9 Å². The van der Waals surface area contributed by atoms with Gasteiger partial charge in [-0.05, 0) is 32.1 Å². The number of nitrogens with two attached hydrogens (primary N) is 1. The Kier molecular flexibility index (Phi) is 28.3. The van der Waals surface area contributed by atoms with Crippen LogP contribution in [0.2, 0.25) is 0 Å². The molecule has 6 heteroatoms. The van der Waals surface area contributed by atoms with Gasteiger partial charge < -0.3 is 21.5 Å². The van der Waals surface area contributed by atoms with Crippen molar-refractivity contribution in [2.24, 2.45) is 5.73 Å². The van der Waals surface area contributed by atoms with E-state index in [4.69, 9.17) is 15.6 Å². The number of allylic oxidation sites excluding steroid dienone is 2. The minimum Gasteiger partial charge on any atom is -0.481 e. The predicted octanol–water partition coefficient (Wildman–Crippen LogP) is 4.78. The highest BCUT2D eigenvalue weighted by atomic mass is 16.4. The molecule has 0 spiro atoms. The molecule has 1 amide bonds. The fourth-order valence-electron chi connectivity index (χ4n) is 2.96. The van der Waals surface area contributed by atoms with E-state index >= 15 is 0 Å². The van der Waals surface area contributed by atoms with Crippen molar-refractivity contribution in [3.05, 3.63) is 12.2 Å². The zero-order valence-electron chi connectivity index (χ0n) is 19.7. The number of rotatable bonds is 20. The second-order valence-corrected chi connectivity index (χ2v) is 7.74. The molecule has 0 atom stereocenters. The maximum Gasteiger partial charge on any atom is 0.300 e. The smallest absolute Gasteiger partial charge is 0.300 e. The first-order chi connectivity index (χ1) is 14.5. The summed E-state index contributed by atoms with van der Waals surface area (Å²) in [5.41, 5.74) is 5.39. The zero-order valence-corrected chi connectivity index (χ0v) is 19.7. The van der Waals surface area contributed by atoms with E-state index in [1.54, 1.807) is 0 Å². The summed E-state index contributed by atoms with van der Waals surface area (Å²) in [6.07, 6.45) is 22.1. The summed E-state index contributed by atoms with van der Waals surface area (Å²) in [4.78, 5) is 20.6. The van der Waals surface area contributed by atoms with E-state index in [1.165, 1.54) is 77.0 Å². The van der Waals surface area contributed by atoms with Gasteiger partial charge in [-0.1, -0.05) is 70.4 Å². The standard InChI is InChI=1S/C22H45N3O.C2H4O2/c1-2-3-4-5-6-7-8-9-10-11-12-13-14-15-16-17-22(26)25-21-20-24-19-18-23;1-2(3)4/h9-10,24H,2-8,11-21,23H2,1H3,(H,25,26);1H3,(H,3,4). The molecule has 178 valence electrons. The molecular weight excluding hydrogens is 378 g/mol. The average Bonchev–Trinajstić information content (AvgIpc) is 2.70. The van der Waals surface area contributed by atoms with Gasteiger partial charge in [-0.3, -0.25) is 9.59 Å². The molecule has 6 nitrogen and oxygen atoms in total. The van der Waals surface area contributed by atoms with E-state index in [-0.39, 0.29) is 5.91 Å². The molecule has 0 heterocycles. The zero-order chi connectivity index (χ0) is 22.7. The molecule has 0 bridgehead atoms. The van der Waals surface area contributed by atoms with Crippen molar-refractivity contribution < 1.29 is 14.7 Å². The van der Waals surface area contributed by atoms with Gasteiger partial charge >= 0.3 is 0 Å². The SMILES string of the molecule is CC(=O)O.CCCCCCCCC=CCCCCCCCC(=O)NCCNCCN. The molecule has 0 saturated carbocycles. The van der Waals surface area contributed by atoms with Crippen LogP contribution < -0.4 is 16.4 Å². The second kappa shape index (κ2) is 27.6. The average molecular weight is 428 g/mol. The maximum absolute atomic E-state index is 11.6. The monoisotopic (exact) mass is 427 g/mol.